The lowest BCUT2D eigenvalue weighted by molar-refractivity contribution is 0.410. The van der Waals surface area contributed by atoms with Crippen molar-refractivity contribution in [2.24, 2.45) is 0 Å². The molecule has 0 aliphatic carbocycles. The number of pyridine rings is 1. The molecule has 0 saturated carbocycles. The lowest BCUT2D eigenvalue weighted by atomic mass is 10.3. The number of thioether (sulfide) groups is 1. The minimum atomic E-state index is -1.66. The quantitative estimate of drug-likeness (QED) is 0.381. The zero-order chi connectivity index (χ0) is 14.5. The predicted molar refractivity (Wildman–Crippen MR) is 70.0 cm³/mol. The van der Waals surface area contributed by atoms with Crippen molar-refractivity contribution in [3.63, 3.8) is 0 Å². The van der Waals surface area contributed by atoms with Gasteiger partial charge in [0.25, 0.3) is 11.9 Å². The number of halogens is 4. The molecule has 3 nitrogen and oxygen atoms in total. The van der Waals surface area contributed by atoms with E-state index in [0.29, 0.717) is 12.2 Å². The molecule has 1 N–H and O–H groups in total. The van der Waals surface area contributed by atoms with Crippen LogP contribution >= 0.6 is 23.1 Å². The van der Waals surface area contributed by atoms with Gasteiger partial charge in [0.05, 0.1) is 0 Å². The second-order valence-corrected chi connectivity index (χ2v) is 5.86. The number of rotatable bonds is 6. The molecule has 0 radical (unpaired) electrons. The minimum absolute atomic E-state index is 0.176. The summed E-state index contributed by atoms with van der Waals surface area (Å²) in [6.07, 6.45) is 2.23. The SMILES string of the molecule is Fc1nc(F)c(F)c(NCCCSc2nccs2)c1F. The van der Waals surface area contributed by atoms with Crippen LogP contribution < -0.4 is 5.32 Å². The highest BCUT2D eigenvalue weighted by molar-refractivity contribution is 8.00. The van der Waals surface area contributed by atoms with Gasteiger partial charge in [0.1, 0.15) is 10.0 Å². The second-order valence-electron chi connectivity index (χ2n) is 3.62. The summed E-state index contributed by atoms with van der Waals surface area (Å²) >= 11 is 2.99. The van der Waals surface area contributed by atoms with E-state index in [0.717, 1.165) is 4.34 Å². The summed E-state index contributed by atoms with van der Waals surface area (Å²) in [6, 6.07) is 0. The number of hydrogen-bond donors (Lipinski definition) is 1. The number of anilines is 1. The average molecular weight is 323 g/mol. The summed E-state index contributed by atoms with van der Waals surface area (Å²) in [6.45, 7) is 0.176. The molecule has 0 aliphatic rings. The van der Waals surface area contributed by atoms with E-state index in [1.54, 1.807) is 6.20 Å². The van der Waals surface area contributed by atoms with E-state index in [-0.39, 0.29) is 6.54 Å². The van der Waals surface area contributed by atoms with Gasteiger partial charge >= 0.3 is 0 Å². The van der Waals surface area contributed by atoms with Crippen LogP contribution in [0.2, 0.25) is 0 Å². The van der Waals surface area contributed by atoms with E-state index in [1.807, 2.05) is 5.38 Å². The highest BCUT2D eigenvalue weighted by atomic mass is 32.2. The lowest BCUT2D eigenvalue weighted by Crippen LogP contribution is -2.11. The largest absolute Gasteiger partial charge is 0.380 e. The zero-order valence-electron chi connectivity index (χ0n) is 10.00. The Morgan fingerprint density at radius 2 is 1.85 bits per heavy atom. The third-order valence-electron chi connectivity index (χ3n) is 2.26. The van der Waals surface area contributed by atoms with Crippen LogP contribution in [0, 0.1) is 23.5 Å². The topological polar surface area (TPSA) is 37.8 Å². The van der Waals surface area contributed by atoms with Crippen LogP contribution in [0.15, 0.2) is 15.9 Å². The van der Waals surface area contributed by atoms with E-state index < -0.39 is 29.2 Å². The molecule has 0 saturated heterocycles. The third-order valence-corrected chi connectivity index (χ3v) is 4.31. The molecule has 0 aromatic carbocycles. The summed E-state index contributed by atoms with van der Waals surface area (Å²) < 4.78 is 53.1. The summed E-state index contributed by atoms with van der Waals surface area (Å²) in [5.74, 6) is -5.69. The molecule has 0 atom stereocenters. The smallest absolute Gasteiger partial charge is 0.253 e. The van der Waals surface area contributed by atoms with Gasteiger partial charge in [-0.3, -0.25) is 0 Å². The van der Waals surface area contributed by atoms with E-state index in [4.69, 9.17) is 0 Å². The molecule has 2 heterocycles. The molecule has 2 aromatic rings. The molecule has 108 valence electrons. The second kappa shape index (κ2) is 6.89. The Morgan fingerprint density at radius 3 is 2.45 bits per heavy atom. The van der Waals surface area contributed by atoms with Gasteiger partial charge in [-0.15, -0.1) is 11.3 Å². The zero-order valence-corrected chi connectivity index (χ0v) is 11.6. The normalized spacial score (nSPS) is 10.8. The standard InChI is InChI=1S/C11H9F4N3S2/c12-6-8(7(13)10(15)18-9(6)14)16-2-1-4-19-11-17-3-5-20-11/h3,5H,1-2,4H2,(H,16,18). The van der Waals surface area contributed by atoms with Gasteiger partial charge in [0.2, 0.25) is 11.6 Å². The van der Waals surface area contributed by atoms with E-state index in [9.17, 15) is 17.6 Å². The van der Waals surface area contributed by atoms with Crippen molar-refractivity contribution in [3.8, 4) is 0 Å². The number of thiazole rings is 1. The van der Waals surface area contributed by atoms with Gasteiger partial charge in [-0.25, -0.2) is 4.98 Å². The van der Waals surface area contributed by atoms with E-state index >= 15 is 0 Å². The first-order valence-corrected chi connectivity index (χ1v) is 7.42. The molecule has 9 heteroatoms. The fraction of sp³-hybridized carbons (Fsp3) is 0.273. The lowest BCUT2D eigenvalue weighted by Gasteiger charge is -2.08. The van der Waals surface area contributed by atoms with Crippen LogP contribution in [0.25, 0.3) is 0 Å². The maximum absolute atomic E-state index is 13.3. The van der Waals surface area contributed by atoms with Crippen LogP contribution in [0.1, 0.15) is 6.42 Å². The molecular formula is C11H9F4N3S2. The van der Waals surface area contributed by atoms with Gasteiger partial charge < -0.3 is 5.32 Å². The Morgan fingerprint density at radius 1 is 1.15 bits per heavy atom. The molecule has 0 amide bonds. The maximum atomic E-state index is 13.3. The Bertz CT molecular complexity index is 551. The molecule has 0 aliphatic heterocycles. The molecular weight excluding hydrogens is 314 g/mol. The van der Waals surface area contributed by atoms with Gasteiger partial charge in [0.15, 0.2) is 0 Å². The highest BCUT2D eigenvalue weighted by Gasteiger charge is 2.20. The molecule has 0 spiro atoms. The number of nitrogens with one attached hydrogen (secondary N) is 1. The molecule has 20 heavy (non-hydrogen) atoms. The first-order valence-electron chi connectivity index (χ1n) is 5.55. The van der Waals surface area contributed by atoms with Crippen LogP contribution in [0.3, 0.4) is 0 Å². The van der Waals surface area contributed by atoms with Gasteiger partial charge in [-0.05, 0) is 6.42 Å². The first-order chi connectivity index (χ1) is 9.59. The maximum Gasteiger partial charge on any atom is 0.253 e. The Kier molecular flexibility index (Phi) is 5.18. The molecule has 0 unspecified atom stereocenters. The Labute approximate surface area is 120 Å². The van der Waals surface area contributed by atoms with Crippen LogP contribution in [0.5, 0.6) is 0 Å². The Hall–Kier alpha value is -1.35. The van der Waals surface area contributed by atoms with Crippen LogP contribution in [-0.4, -0.2) is 22.3 Å². The van der Waals surface area contributed by atoms with Crippen LogP contribution in [-0.2, 0) is 0 Å². The number of nitrogens with zero attached hydrogens (tertiary/aromatic N) is 2. The molecule has 2 aromatic heterocycles. The fourth-order valence-electron chi connectivity index (χ4n) is 1.37. The minimum Gasteiger partial charge on any atom is -0.380 e. The van der Waals surface area contributed by atoms with E-state index in [2.05, 4.69) is 15.3 Å². The molecule has 0 fully saturated rings. The summed E-state index contributed by atoms with van der Waals surface area (Å²) in [4.78, 5) is 6.53. The average Bonchev–Trinajstić information content (AvgIpc) is 2.93. The van der Waals surface area contributed by atoms with Crippen molar-refractivity contribution in [1.29, 1.82) is 0 Å². The predicted octanol–water partition coefficient (Wildman–Crippen LogP) is 3.69. The van der Waals surface area contributed by atoms with Crippen molar-refractivity contribution >= 4 is 28.8 Å². The number of hydrogen-bond acceptors (Lipinski definition) is 5. The Balaban J connectivity index is 1.85. The van der Waals surface area contributed by atoms with Crippen molar-refractivity contribution in [3.05, 3.63) is 35.1 Å². The van der Waals surface area contributed by atoms with Crippen LogP contribution in [0.4, 0.5) is 23.2 Å². The third kappa shape index (κ3) is 3.60. The summed E-state index contributed by atoms with van der Waals surface area (Å²) in [7, 11) is 0. The highest BCUT2D eigenvalue weighted by Crippen LogP contribution is 2.23. The van der Waals surface area contributed by atoms with Crippen molar-refractivity contribution in [2.45, 2.75) is 10.8 Å². The monoisotopic (exact) mass is 323 g/mol. The van der Waals surface area contributed by atoms with E-state index in [1.165, 1.54) is 23.1 Å². The van der Waals surface area contributed by atoms with Crippen molar-refractivity contribution < 1.29 is 17.6 Å². The van der Waals surface area contributed by atoms with Gasteiger partial charge in [-0.2, -0.15) is 22.5 Å². The molecule has 2 rings (SSSR count). The summed E-state index contributed by atoms with van der Waals surface area (Å²) in [5, 5.41) is 4.18. The summed E-state index contributed by atoms with van der Waals surface area (Å²) in [5.41, 5.74) is -0.825. The van der Waals surface area contributed by atoms with Crippen molar-refractivity contribution in [2.75, 3.05) is 17.6 Å². The van der Waals surface area contributed by atoms with Crippen molar-refractivity contribution in [1.82, 2.24) is 9.97 Å². The number of aromatic nitrogens is 2. The fourth-order valence-corrected chi connectivity index (χ4v) is 3.02. The molecule has 0 bridgehead atoms. The van der Waals surface area contributed by atoms with Gasteiger partial charge in [-0.1, -0.05) is 11.8 Å². The van der Waals surface area contributed by atoms with Gasteiger partial charge in [0, 0.05) is 23.9 Å². The first kappa shape index (κ1) is 15.0.